The Balaban J connectivity index is 2.16. The highest BCUT2D eigenvalue weighted by molar-refractivity contribution is 5.42. The Morgan fingerprint density at radius 1 is 1.40 bits per heavy atom. The van der Waals surface area contributed by atoms with Crippen LogP contribution in [0.2, 0.25) is 0 Å². The molecule has 0 saturated heterocycles. The highest BCUT2D eigenvalue weighted by Crippen LogP contribution is 2.29. The van der Waals surface area contributed by atoms with Crippen molar-refractivity contribution in [1.82, 2.24) is 4.90 Å². The summed E-state index contributed by atoms with van der Waals surface area (Å²) in [5, 5.41) is 8.73. The summed E-state index contributed by atoms with van der Waals surface area (Å²) < 4.78 is 13.3. The molecule has 3 nitrogen and oxygen atoms in total. The minimum Gasteiger partial charge on any atom is -0.320 e. The van der Waals surface area contributed by atoms with Crippen LogP contribution >= 0.6 is 0 Å². The van der Waals surface area contributed by atoms with Crippen molar-refractivity contribution in [2.24, 2.45) is 5.73 Å². The molecule has 0 aliphatic heterocycles. The first-order valence-corrected chi connectivity index (χ1v) is 6.83. The number of nitriles is 1. The lowest BCUT2D eigenvalue weighted by Crippen LogP contribution is -2.27. The molecule has 0 amide bonds. The summed E-state index contributed by atoms with van der Waals surface area (Å²) in [6.07, 6.45) is 2.87. The van der Waals surface area contributed by atoms with E-state index >= 15 is 0 Å². The second-order valence-corrected chi connectivity index (χ2v) is 4.92. The molecule has 0 bridgehead atoms. The van der Waals surface area contributed by atoms with Gasteiger partial charge < -0.3 is 5.73 Å². The van der Waals surface area contributed by atoms with Crippen LogP contribution in [-0.4, -0.2) is 24.0 Å². The van der Waals surface area contributed by atoms with E-state index in [1.54, 1.807) is 6.07 Å². The van der Waals surface area contributed by atoms with E-state index in [0.717, 1.165) is 12.1 Å². The Hall–Kier alpha value is -1.88. The van der Waals surface area contributed by atoms with Crippen LogP contribution in [0.1, 0.15) is 30.4 Å². The number of rotatable bonds is 5. The van der Waals surface area contributed by atoms with Gasteiger partial charge in [-0.1, -0.05) is 17.9 Å². The van der Waals surface area contributed by atoms with Crippen LogP contribution in [0.25, 0.3) is 0 Å². The molecule has 1 aromatic rings. The number of benzene rings is 1. The van der Waals surface area contributed by atoms with E-state index in [1.165, 1.54) is 25.0 Å². The third kappa shape index (κ3) is 4.06. The number of halogens is 1. The SMILES string of the molecule is N#CCCN(Cc1ccc(F)cc1C#CCN)C1CC1. The van der Waals surface area contributed by atoms with Crippen molar-refractivity contribution in [2.45, 2.75) is 31.8 Å². The number of hydrogen-bond donors (Lipinski definition) is 1. The molecular weight excluding hydrogens is 253 g/mol. The quantitative estimate of drug-likeness (QED) is 0.834. The lowest BCUT2D eigenvalue weighted by molar-refractivity contribution is 0.260. The van der Waals surface area contributed by atoms with Crippen LogP contribution in [0.15, 0.2) is 18.2 Å². The van der Waals surface area contributed by atoms with Gasteiger partial charge in [-0.25, -0.2) is 4.39 Å². The predicted molar refractivity (Wildman–Crippen MR) is 76.0 cm³/mol. The van der Waals surface area contributed by atoms with E-state index in [4.69, 9.17) is 11.0 Å². The van der Waals surface area contributed by atoms with Crippen molar-refractivity contribution < 1.29 is 4.39 Å². The zero-order valence-corrected chi connectivity index (χ0v) is 11.4. The van der Waals surface area contributed by atoms with E-state index in [1.807, 2.05) is 0 Å². The van der Waals surface area contributed by atoms with Crippen molar-refractivity contribution >= 4 is 0 Å². The van der Waals surface area contributed by atoms with Crippen molar-refractivity contribution in [1.29, 1.82) is 5.26 Å². The maximum Gasteiger partial charge on any atom is 0.124 e. The first-order valence-electron chi connectivity index (χ1n) is 6.83. The molecule has 0 spiro atoms. The van der Waals surface area contributed by atoms with Gasteiger partial charge in [-0.3, -0.25) is 4.90 Å². The van der Waals surface area contributed by atoms with Crippen LogP contribution < -0.4 is 5.73 Å². The molecule has 0 unspecified atom stereocenters. The summed E-state index contributed by atoms with van der Waals surface area (Å²) in [7, 11) is 0. The van der Waals surface area contributed by atoms with Gasteiger partial charge in [0.25, 0.3) is 0 Å². The minimum atomic E-state index is -0.287. The maximum absolute atomic E-state index is 13.3. The van der Waals surface area contributed by atoms with E-state index in [2.05, 4.69) is 22.8 Å². The van der Waals surface area contributed by atoms with E-state index in [0.29, 0.717) is 24.6 Å². The monoisotopic (exact) mass is 271 g/mol. The maximum atomic E-state index is 13.3. The lowest BCUT2D eigenvalue weighted by Gasteiger charge is -2.21. The Labute approximate surface area is 119 Å². The molecule has 20 heavy (non-hydrogen) atoms. The summed E-state index contributed by atoms with van der Waals surface area (Å²) >= 11 is 0. The first kappa shape index (κ1) is 14.5. The number of nitrogens with two attached hydrogens (primary N) is 1. The third-order valence-corrected chi connectivity index (χ3v) is 3.34. The molecule has 2 N–H and O–H groups in total. The van der Waals surface area contributed by atoms with Crippen molar-refractivity contribution in [3.63, 3.8) is 0 Å². The van der Waals surface area contributed by atoms with Crippen molar-refractivity contribution in [3.8, 4) is 17.9 Å². The topological polar surface area (TPSA) is 53.0 Å². The second-order valence-electron chi connectivity index (χ2n) is 4.92. The second kappa shape index (κ2) is 7.05. The highest BCUT2D eigenvalue weighted by Gasteiger charge is 2.28. The molecule has 1 aliphatic carbocycles. The van der Waals surface area contributed by atoms with E-state index in [-0.39, 0.29) is 12.4 Å². The average Bonchev–Trinajstić information content (AvgIpc) is 3.27. The summed E-state index contributed by atoms with van der Waals surface area (Å²) in [5.41, 5.74) is 7.07. The van der Waals surface area contributed by atoms with Gasteiger partial charge in [0.05, 0.1) is 12.6 Å². The molecule has 1 saturated carbocycles. The molecule has 0 aromatic heterocycles. The van der Waals surface area contributed by atoms with Gasteiger partial charge in [-0.2, -0.15) is 5.26 Å². The van der Waals surface area contributed by atoms with Gasteiger partial charge in [-0.15, -0.1) is 0 Å². The fraction of sp³-hybridized carbons (Fsp3) is 0.438. The predicted octanol–water partition coefficient (Wildman–Crippen LogP) is 2.01. The first-order chi connectivity index (χ1) is 9.74. The summed E-state index contributed by atoms with van der Waals surface area (Å²) in [5.74, 6) is 5.41. The van der Waals surface area contributed by atoms with Crippen LogP contribution in [0.5, 0.6) is 0 Å². The van der Waals surface area contributed by atoms with Gasteiger partial charge in [0.2, 0.25) is 0 Å². The Morgan fingerprint density at radius 2 is 2.20 bits per heavy atom. The van der Waals surface area contributed by atoms with E-state index < -0.39 is 0 Å². The molecule has 104 valence electrons. The van der Waals surface area contributed by atoms with Gasteiger partial charge >= 0.3 is 0 Å². The summed E-state index contributed by atoms with van der Waals surface area (Å²) in [6.45, 7) is 1.72. The lowest BCUT2D eigenvalue weighted by atomic mass is 10.1. The summed E-state index contributed by atoms with van der Waals surface area (Å²) in [6, 6.07) is 7.42. The van der Waals surface area contributed by atoms with Crippen LogP contribution in [0.3, 0.4) is 0 Å². The molecule has 2 rings (SSSR count). The number of nitrogens with zero attached hydrogens (tertiary/aromatic N) is 2. The standard InChI is InChI=1S/C16H18FN3/c17-15-5-4-14(13(11-15)3-1-8-18)12-20(10-2-9-19)16-6-7-16/h4-5,11,16H,2,6-8,10,12,18H2. The zero-order valence-electron chi connectivity index (χ0n) is 11.4. The van der Waals surface area contributed by atoms with Crippen LogP contribution in [-0.2, 0) is 6.54 Å². The normalized spacial score (nSPS) is 13.7. The highest BCUT2D eigenvalue weighted by atomic mass is 19.1. The van der Waals surface area contributed by atoms with Crippen LogP contribution in [0.4, 0.5) is 4.39 Å². The smallest absolute Gasteiger partial charge is 0.124 e. The molecule has 1 aromatic carbocycles. The average molecular weight is 271 g/mol. The van der Waals surface area contributed by atoms with Gasteiger partial charge in [0.15, 0.2) is 0 Å². The van der Waals surface area contributed by atoms with Gasteiger partial charge in [0.1, 0.15) is 5.82 Å². The molecule has 4 heteroatoms. The largest absolute Gasteiger partial charge is 0.320 e. The molecule has 1 aliphatic rings. The molecular formula is C16H18FN3. The zero-order chi connectivity index (χ0) is 14.4. The van der Waals surface area contributed by atoms with Gasteiger partial charge in [-0.05, 0) is 30.5 Å². The van der Waals surface area contributed by atoms with Crippen LogP contribution in [0, 0.1) is 29.0 Å². The minimum absolute atomic E-state index is 0.261. The molecule has 1 fully saturated rings. The fourth-order valence-electron chi connectivity index (χ4n) is 2.19. The Morgan fingerprint density at radius 3 is 2.85 bits per heavy atom. The third-order valence-electron chi connectivity index (χ3n) is 3.34. The Bertz CT molecular complexity index is 561. The van der Waals surface area contributed by atoms with Gasteiger partial charge in [0, 0.05) is 31.1 Å². The van der Waals surface area contributed by atoms with Crippen molar-refractivity contribution in [3.05, 3.63) is 35.1 Å². The molecule has 0 atom stereocenters. The summed E-state index contributed by atoms with van der Waals surface area (Å²) in [4.78, 5) is 2.28. The fourth-order valence-corrected chi connectivity index (χ4v) is 2.19. The number of hydrogen-bond acceptors (Lipinski definition) is 3. The Kier molecular flexibility index (Phi) is 5.12. The van der Waals surface area contributed by atoms with E-state index in [9.17, 15) is 4.39 Å². The van der Waals surface area contributed by atoms with Crippen molar-refractivity contribution in [2.75, 3.05) is 13.1 Å². The molecule has 0 radical (unpaired) electrons. The molecule has 0 heterocycles.